The summed E-state index contributed by atoms with van der Waals surface area (Å²) in [5.74, 6) is 0.229. The van der Waals surface area contributed by atoms with Crippen LogP contribution in [0.25, 0.3) is 0 Å². The molecule has 1 saturated carbocycles. The molecule has 166 valence electrons. The Kier molecular flexibility index (Phi) is 6.80. The van der Waals surface area contributed by atoms with E-state index in [1.165, 1.54) is 12.1 Å². The number of hydrogen-bond donors (Lipinski definition) is 3. The number of carbonyl (C=O) groups excluding carboxylic acids is 1. The number of aryl methyl sites for hydroxylation is 1. The minimum Gasteiger partial charge on any atom is -0.484 e. The first-order chi connectivity index (χ1) is 14.9. The molecule has 0 spiro atoms. The number of fused-ring (bicyclic) bond motifs is 1. The lowest BCUT2D eigenvalue weighted by atomic mass is 9.89. The van der Waals surface area contributed by atoms with Crippen LogP contribution in [-0.2, 0) is 16.8 Å². The van der Waals surface area contributed by atoms with Crippen LogP contribution in [0.4, 0.5) is 4.39 Å². The van der Waals surface area contributed by atoms with Gasteiger partial charge in [0.25, 0.3) is 5.91 Å². The molecule has 2 aromatic rings. The number of halogens is 2. The van der Waals surface area contributed by atoms with E-state index in [0.717, 1.165) is 36.8 Å². The van der Waals surface area contributed by atoms with Gasteiger partial charge in [-0.1, -0.05) is 17.7 Å². The molecule has 4 rings (SSSR count). The van der Waals surface area contributed by atoms with Crippen molar-refractivity contribution in [3.63, 3.8) is 0 Å². The topological polar surface area (TPSA) is 70.6 Å². The van der Waals surface area contributed by atoms with Crippen LogP contribution < -0.4 is 15.4 Å². The van der Waals surface area contributed by atoms with E-state index in [9.17, 15) is 14.3 Å². The predicted molar refractivity (Wildman–Crippen MR) is 118 cm³/mol. The lowest BCUT2D eigenvalue weighted by Crippen LogP contribution is -2.46. The van der Waals surface area contributed by atoms with Gasteiger partial charge >= 0.3 is 0 Å². The van der Waals surface area contributed by atoms with Crippen molar-refractivity contribution in [3.8, 4) is 5.75 Å². The van der Waals surface area contributed by atoms with Crippen LogP contribution in [0.3, 0.4) is 0 Å². The lowest BCUT2D eigenvalue weighted by Gasteiger charge is -2.33. The van der Waals surface area contributed by atoms with E-state index in [1.807, 2.05) is 0 Å². The second-order valence-electron chi connectivity index (χ2n) is 8.57. The summed E-state index contributed by atoms with van der Waals surface area (Å²) in [5.41, 5.74) is 0.798. The molecule has 1 amide bonds. The Hall–Kier alpha value is -2.15. The Morgan fingerprint density at radius 1 is 1.13 bits per heavy atom. The van der Waals surface area contributed by atoms with Gasteiger partial charge in [-0.05, 0) is 86.1 Å². The Morgan fingerprint density at radius 2 is 1.84 bits per heavy atom. The van der Waals surface area contributed by atoms with Gasteiger partial charge in [-0.15, -0.1) is 0 Å². The van der Waals surface area contributed by atoms with Crippen LogP contribution in [0, 0.1) is 5.82 Å². The molecule has 0 bridgehead atoms. The fraction of sp³-hybridized carbons (Fsp3) is 0.458. The Balaban J connectivity index is 1.18. The van der Waals surface area contributed by atoms with Gasteiger partial charge in [0.15, 0.2) is 6.61 Å². The third-order valence-electron chi connectivity index (χ3n) is 6.34. The van der Waals surface area contributed by atoms with E-state index in [-0.39, 0.29) is 24.4 Å². The maximum Gasteiger partial charge on any atom is 0.258 e. The fourth-order valence-electron chi connectivity index (χ4n) is 4.59. The van der Waals surface area contributed by atoms with Crippen molar-refractivity contribution < 1.29 is 19.0 Å². The number of amides is 1. The molecule has 5 nitrogen and oxygen atoms in total. The second-order valence-corrected chi connectivity index (χ2v) is 9.01. The predicted octanol–water partition coefficient (Wildman–Crippen LogP) is 3.71. The van der Waals surface area contributed by atoms with Gasteiger partial charge in [0, 0.05) is 23.7 Å². The SMILES string of the molecule is O=C(COc1ccc(Cl)cc1)NC1CCC(NCC2(O)CCc3cc(F)ccc32)CC1. The monoisotopic (exact) mass is 446 g/mol. The molecule has 0 heterocycles. The quantitative estimate of drug-likeness (QED) is 0.606. The molecule has 2 aliphatic carbocycles. The largest absolute Gasteiger partial charge is 0.484 e. The third kappa shape index (κ3) is 5.56. The Labute approximate surface area is 186 Å². The maximum atomic E-state index is 13.4. The minimum absolute atomic E-state index is 0.0210. The number of benzene rings is 2. The van der Waals surface area contributed by atoms with Crippen molar-refractivity contribution >= 4 is 17.5 Å². The number of aliphatic hydroxyl groups is 1. The van der Waals surface area contributed by atoms with E-state index in [0.29, 0.717) is 36.2 Å². The first kappa shape index (κ1) is 22.1. The molecule has 1 atom stereocenters. The smallest absolute Gasteiger partial charge is 0.258 e. The van der Waals surface area contributed by atoms with Crippen molar-refractivity contribution in [2.24, 2.45) is 0 Å². The number of hydrogen-bond acceptors (Lipinski definition) is 4. The van der Waals surface area contributed by atoms with Crippen molar-refractivity contribution in [1.82, 2.24) is 10.6 Å². The van der Waals surface area contributed by atoms with Crippen molar-refractivity contribution in [3.05, 3.63) is 64.4 Å². The van der Waals surface area contributed by atoms with E-state index < -0.39 is 5.60 Å². The van der Waals surface area contributed by atoms with Crippen LogP contribution in [0.15, 0.2) is 42.5 Å². The molecule has 0 aliphatic heterocycles. The van der Waals surface area contributed by atoms with Crippen LogP contribution in [0.1, 0.15) is 43.2 Å². The normalized spacial score (nSPS) is 25.1. The highest BCUT2D eigenvalue weighted by atomic mass is 35.5. The van der Waals surface area contributed by atoms with Gasteiger partial charge in [0.05, 0.1) is 0 Å². The van der Waals surface area contributed by atoms with E-state index in [4.69, 9.17) is 16.3 Å². The van der Waals surface area contributed by atoms with Crippen molar-refractivity contribution in [2.45, 2.75) is 56.2 Å². The standard InChI is InChI=1S/C24H28ClFN2O3/c25-17-1-8-21(9-2-17)31-14-23(29)28-20-6-4-19(5-7-20)27-15-24(30)12-11-16-13-18(26)3-10-22(16)24/h1-3,8-10,13,19-20,27,30H,4-7,11-12,14-15H2,(H,28,29). The van der Waals surface area contributed by atoms with Gasteiger partial charge in [-0.3, -0.25) is 4.79 Å². The third-order valence-corrected chi connectivity index (χ3v) is 6.59. The number of carbonyl (C=O) groups is 1. The average Bonchev–Trinajstić information content (AvgIpc) is 3.09. The summed E-state index contributed by atoms with van der Waals surface area (Å²) >= 11 is 5.84. The fourth-order valence-corrected chi connectivity index (χ4v) is 4.71. The second kappa shape index (κ2) is 9.55. The van der Waals surface area contributed by atoms with E-state index in [1.54, 1.807) is 30.3 Å². The zero-order valence-corrected chi connectivity index (χ0v) is 18.1. The van der Waals surface area contributed by atoms with Crippen molar-refractivity contribution in [2.75, 3.05) is 13.2 Å². The molecule has 0 saturated heterocycles. The lowest BCUT2D eigenvalue weighted by molar-refractivity contribution is -0.124. The first-order valence-electron chi connectivity index (χ1n) is 10.8. The minimum atomic E-state index is -0.937. The number of ether oxygens (including phenoxy) is 1. The first-order valence-corrected chi connectivity index (χ1v) is 11.2. The van der Waals surface area contributed by atoms with Crippen LogP contribution >= 0.6 is 11.6 Å². The molecule has 0 aromatic heterocycles. The number of rotatable bonds is 7. The van der Waals surface area contributed by atoms with Crippen LogP contribution in [0.5, 0.6) is 5.75 Å². The zero-order valence-electron chi connectivity index (χ0n) is 17.4. The van der Waals surface area contributed by atoms with Gasteiger partial charge in [0.2, 0.25) is 0 Å². The Morgan fingerprint density at radius 3 is 2.58 bits per heavy atom. The van der Waals surface area contributed by atoms with Gasteiger partial charge in [-0.2, -0.15) is 0 Å². The molecule has 7 heteroatoms. The molecule has 1 fully saturated rings. The molecule has 31 heavy (non-hydrogen) atoms. The summed E-state index contributed by atoms with van der Waals surface area (Å²) in [6.45, 7) is 0.440. The molecular weight excluding hydrogens is 419 g/mol. The molecule has 1 unspecified atom stereocenters. The highest BCUT2D eigenvalue weighted by Crippen LogP contribution is 2.37. The van der Waals surface area contributed by atoms with Crippen molar-refractivity contribution in [1.29, 1.82) is 0 Å². The van der Waals surface area contributed by atoms with Crippen LogP contribution in [-0.4, -0.2) is 36.2 Å². The summed E-state index contributed by atoms with van der Waals surface area (Å²) < 4.78 is 18.9. The summed E-state index contributed by atoms with van der Waals surface area (Å²) in [6, 6.07) is 12.0. The molecule has 2 aliphatic rings. The average molecular weight is 447 g/mol. The van der Waals surface area contributed by atoms with E-state index in [2.05, 4.69) is 10.6 Å². The highest BCUT2D eigenvalue weighted by Gasteiger charge is 2.37. The molecular formula is C24H28ClFN2O3. The van der Waals surface area contributed by atoms with Gasteiger partial charge in [0.1, 0.15) is 17.2 Å². The number of nitrogens with one attached hydrogen (secondary N) is 2. The highest BCUT2D eigenvalue weighted by molar-refractivity contribution is 6.30. The molecule has 3 N–H and O–H groups in total. The van der Waals surface area contributed by atoms with E-state index >= 15 is 0 Å². The molecule has 0 radical (unpaired) electrons. The summed E-state index contributed by atoms with van der Waals surface area (Å²) in [4.78, 5) is 12.2. The zero-order chi connectivity index (χ0) is 21.8. The summed E-state index contributed by atoms with van der Waals surface area (Å²) in [7, 11) is 0. The Bertz CT molecular complexity index is 916. The molecule has 2 aromatic carbocycles. The summed E-state index contributed by atoms with van der Waals surface area (Å²) in [5, 5.41) is 18.2. The maximum absolute atomic E-state index is 13.4. The van der Waals surface area contributed by atoms with Gasteiger partial charge in [-0.25, -0.2) is 4.39 Å². The summed E-state index contributed by atoms with van der Waals surface area (Å²) in [6.07, 6.45) is 4.92. The van der Waals surface area contributed by atoms with Crippen LogP contribution in [0.2, 0.25) is 5.02 Å². The van der Waals surface area contributed by atoms with Gasteiger partial charge < -0.3 is 20.5 Å².